The minimum absolute atomic E-state index is 0.175. The molecule has 1 aromatic heterocycles. The molecule has 1 aromatic carbocycles. The summed E-state index contributed by atoms with van der Waals surface area (Å²) in [6, 6.07) is 5.37. The van der Waals surface area contributed by atoms with Crippen molar-refractivity contribution in [2.45, 2.75) is 37.4 Å². The number of carbonyl (C=O) groups is 2. The van der Waals surface area contributed by atoms with Gasteiger partial charge in [-0.05, 0) is 37.5 Å². The molecule has 8 heteroatoms. The first-order valence-corrected chi connectivity index (χ1v) is 9.77. The number of benzene rings is 1. The highest BCUT2D eigenvalue weighted by atomic mass is 35.5. The second-order valence-corrected chi connectivity index (χ2v) is 7.65. The van der Waals surface area contributed by atoms with Gasteiger partial charge >= 0.3 is 5.97 Å². The molecule has 0 aliphatic heterocycles. The summed E-state index contributed by atoms with van der Waals surface area (Å²) in [5.74, 6) is -1.32. The standard InChI is InChI=1S/C18H20ClN3O3S/c1-11-13(19)5-3-7-15(11)22-9-8-20-18(22)26-10-16(23)21-14-6-2-4-12(14)17(24)25/h3,5,7-9,12,14H,2,4,6,10H2,1H3,(H,21,23)(H,24,25)/t12-,14+/m0/s1. The number of hydrogen-bond donors (Lipinski definition) is 2. The number of carboxylic acids is 1. The number of thioether (sulfide) groups is 1. The lowest BCUT2D eigenvalue weighted by Crippen LogP contribution is -2.41. The molecule has 1 amide bonds. The van der Waals surface area contributed by atoms with Crippen molar-refractivity contribution < 1.29 is 14.7 Å². The first-order chi connectivity index (χ1) is 12.5. The van der Waals surface area contributed by atoms with E-state index < -0.39 is 11.9 Å². The first-order valence-electron chi connectivity index (χ1n) is 8.41. The maximum absolute atomic E-state index is 12.2. The Kier molecular flexibility index (Phi) is 5.88. The molecule has 138 valence electrons. The third-order valence-corrected chi connectivity index (χ3v) is 5.99. The van der Waals surface area contributed by atoms with Gasteiger partial charge in [0.15, 0.2) is 5.16 Å². The second kappa shape index (κ2) is 8.14. The van der Waals surface area contributed by atoms with Crippen molar-refractivity contribution in [1.82, 2.24) is 14.9 Å². The van der Waals surface area contributed by atoms with Crippen LogP contribution in [0.1, 0.15) is 24.8 Å². The van der Waals surface area contributed by atoms with Gasteiger partial charge in [0.25, 0.3) is 0 Å². The zero-order chi connectivity index (χ0) is 18.7. The summed E-state index contributed by atoms with van der Waals surface area (Å²) in [4.78, 5) is 27.8. The molecule has 0 bridgehead atoms. The van der Waals surface area contributed by atoms with Crippen LogP contribution >= 0.6 is 23.4 Å². The normalized spacial score (nSPS) is 19.5. The van der Waals surface area contributed by atoms with Gasteiger partial charge in [-0.15, -0.1) is 0 Å². The van der Waals surface area contributed by atoms with Gasteiger partial charge in [-0.2, -0.15) is 0 Å². The van der Waals surface area contributed by atoms with Crippen molar-refractivity contribution in [3.8, 4) is 5.69 Å². The number of rotatable bonds is 6. The van der Waals surface area contributed by atoms with Gasteiger partial charge in [0.05, 0.1) is 17.4 Å². The van der Waals surface area contributed by atoms with Crippen molar-refractivity contribution >= 4 is 35.2 Å². The molecule has 1 fully saturated rings. The van der Waals surface area contributed by atoms with E-state index in [1.165, 1.54) is 11.8 Å². The lowest BCUT2D eigenvalue weighted by Gasteiger charge is -2.17. The Bertz CT molecular complexity index is 824. The Morgan fingerprint density at radius 3 is 3.00 bits per heavy atom. The van der Waals surface area contributed by atoms with E-state index in [1.807, 2.05) is 35.9 Å². The highest BCUT2D eigenvalue weighted by Crippen LogP contribution is 2.28. The van der Waals surface area contributed by atoms with Crippen LogP contribution in [0.25, 0.3) is 5.69 Å². The van der Waals surface area contributed by atoms with E-state index in [1.54, 1.807) is 6.20 Å². The van der Waals surface area contributed by atoms with E-state index in [2.05, 4.69) is 10.3 Å². The summed E-state index contributed by atoms with van der Waals surface area (Å²) >= 11 is 7.51. The van der Waals surface area contributed by atoms with Crippen LogP contribution in [0.2, 0.25) is 5.02 Å². The molecule has 1 aliphatic rings. The molecule has 1 aliphatic carbocycles. The fraction of sp³-hybridized carbons (Fsp3) is 0.389. The van der Waals surface area contributed by atoms with Gasteiger partial charge < -0.3 is 10.4 Å². The summed E-state index contributed by atoms with van der Waals surface area (Å²) in [6.07, 6.45) is 5.66. The van der Waals surface area contributed by atoms with E-state index in [0.29, 0.717) is 23.0 Å². The molecule has 2 N–H and O–H groups in total. The van der Waals surface area contributed by atoms with Crippen LogP contribution in [0, 0.1) is 12.8 Å². The summed E-state index contributed by atoms with van der Waals surface area (Å²) in [6.45, 7) is 1.94. The van der Waals surface area contributed by atoms with E-state index >= 15 is 0 Å². The van der Waals surface area contributed by atoms with Crippen molar-refractivity contribution in [1.29, 1.82) is 0 Å². The van der Waals surface area contributed by atoms with Crippen LogP contribution in [-0.2, 0) is 9.59 Å². The van der Waals surface area contributed by atoms with Crippen molar-refractivity contribution in [3.63, 3.8) is 0 Å². The largest absolute Gasteiger partial charge is 0.481 e. The topological polar surface area (TPSA) is 84.2 Å². The zero-order valence-electron chi connectivity index (χ0n) is 14.3. The molecule has 6 nitrogen and oxygen atoms in total. The van der Waals surface area contributed by atoms with Crippen LogP contribution in [0.4, 0.5) is 0 Å². The predicted octanol–water partition coefficient (Wildman–Crippen LogP) is 3.30. The minimum Gasteiger partial charge on any atom is -0.481 e. The van der Waals surface area contributed by atoms with Gasteiger partial charge in [-0.3, -0.25) is 14.2 Å². The summed E-state index contributed by atoms with van der Waals surface area (Å²) in [5, 5.41) is 13.4. The van der Waals surface area contributed by atoms with Gasteiger partial charge in [0, 0.05) is 23.5 Å². The molecule has 0 spiro atoms. The number of nitrogens with one attached hydrogen (secondary N) is 1. The number of carbonyl (C=O) groups excluding carboxylic acids is 1. The minimum atomic E-state index is -0.840. The Morgan fingerprint density at radius 2 is 2.23 bits per heavy atom. The van der Waals surface area contributed by atoms with Gasteiger partial charge in [-0.1, -0.05) is 35.9 Å². The van der Waals surface area contributed by atoms with E-state index in [9.17, 15) is 14.7 Å². The number of halogens is 1. The lowest BCUT2D eigenvalue weighted by atomic mass is 10.0. The number of amides is 1. The van der Waals surface area contributed by atoms with Crippen LogP contribution in [0.5, 0.6) is 0 Å². The fourth-order valence-electron chi connectivity index (χ4n) is 3.24. The van der Waals surface area contributed by atoms with Gasteiger partial charge in [-0.25, -0.2) is 4.98 Å². The second-order valence-electron chi connectivity index (χ2n) is 6.30. The molecular weight excluding hydrogens is 374 g/mol. The zero-order valence-corrected chi connectivity index (χ0v) is 15.9. The van der Waals surface area contributed by atoms with Crippen LogP contribution in [0.15, 0.2) is 35.7 Å². The molecule has 1 saturated carbocycles. The number of aromatic nitrogens is 2. The molecule has 2 aromatic rings. The Balaban J connectivity index is 1.64. The van der Waals surface area contributed by atoms with Crippen molar-refractivity contribution in [3.05, 3.63) is 41.2 Å². The molecule has 26 heavy (non-hydrogen) atoms. The molecule has 0 radical (unpaired) electrons. The Labute approximate surface area is 160 Å². The smallest absolute Gasteiger partial charge is 0.308 e. The van der Waals surface area contributed by atoms with Crippen molar-refractivity contribution in [2.75, 3.05) is 5.75 Å². The van der Waals surface area contributed by atoms with E-state index in [0.717, 1.165) is 17.7 Å². The molecule has 0 unspecified atom stereocenters. The Hall–Kier alpha value is -1.99. The predicted molar refractivity (Wildman–Crippen MR) is 101 cm³/mol. The van der Waals surface area contributed by atoms with Crippen molar-refractivity contribution in [2.24, 2.45) is 5.92 Å². The third kappa shape index (κ3) is 4.04. The number of nitrogens with zero attached hydrogens (tertiary/aromatic N) is 2. The average molecular weight is 394 g/mol. The van der Waals surface area contributed by atoms with Crippen LogP contribution in [-0.4, -0.2) is 38.3 Å². The van der Waals surface area contributed by atoms with Crippen LogP contribution < -0.4 is 5.32 Å². The average Bonchev–Trinajstić information content (AvgIpc) is 3.24. The number of carboxylic acid groups (broad SMARTS) is 1. The summed E-state index contributed by atoms with van der Waals surface area (Å²) < 4.78 is 1.90. The third-order valence-electron chi connectivity index (χ3n) is 4.62. The van der Waals surface area contributed by atoms with Gasteiger partial charge in [0.2, 0.25) is 5.91 Å². The SMILES string of the molecule is Cc1c(Cl)cccc1-n1ccnc1SCC(=O)N[C@@H]1CCC[C@@H]1C(=O)O. The number of hydrogen-bond acceptors (Lipinski definition) is 4. The van der Waals surface area contributed by atoms with Crippen LogP contribution in [0.3, 0.4) is 0 Å². The highest BCUT2D eigenvalue weighted by Gasteiger charge is 2.33. The summed E-state index contributed by atoms with van der Waals surface area (Å²) in [7, 11) is 0. The quantitative estimate of drug-likeness (QED) is 0.735. The highest BCUT2D eigenvalue weighted by molar-refractivity contribution is 7.99. The number of imidazole rings is 1. The molecular formula is C18H20ClN3O3S. The summed E-state index contributed by atoms with van der Waals surface area (Å²) in [5.41, 5.74) is 1.85. The maximum Gasteiger partial charge on any atom is 0.308 e. The molecule has 1 heterocycles. The molecule has 2 atom stereocenters. The fourth-order valence-corrected chi connectivity index (χ4v) is 4.19. The Morgan fingerprint density at radius 1 is 1.42 bits per heavy atom. The lowest BCUT2D eigenvalue weighted by molar-refractivity contribution is -0.142. The number of aliphatic carboxylic acids is 1. The first kappa shape index (κ1) is 18.8. The van der Waals surface area contributed by atoms with E-state index in [4.69, 9.17) is 11.6 Å². The van der Waals surface area contributed by atoms with E-state index in [-0.39, 0.29) is 17.7 Å². The monoisotopic (exact) mass is 393 g/mol. The van der Waals surface area contributed by atoms with Gasteiger partial charge in [0.1, 0.15) is 0 Å². The molecule has 3 rings (SSSR count). The molecule has 0 saturated heterocycles. The maximum atomic E-state index is 12.2.